The molecule has 1 unspecified atom stereocenters. The molecule has 9 heteroatoms. The third kappa shape index (κ3) is 4.25. The Morgan fingerprint density at radius 3 is 2.58 bits per heavy atom. The summed E-state index contributed by atoms with van der Waals surface area (Å²) >= 11 is 5.74. The minimum absolute atomic E-state index is 0.0367. The molecule has 26 heavy (non-hydrogen) atoms. The monoisotopic (exact) mass is 396 g/mol. The highest BCUT2D eigenvalue weighted by Gasteiger charge is 2.35. The number of anilines is 1. The van der Waals surface area contributed by atoms with Crippen LogP contribution in [0.15, 0.2) is 42.6 Å². The van der Waals surface area contributed by atoms with Gasteiger partial charge in [-0.3, -0.25) is 4.79 Å². The summed E-state index contributed by atoms with van der Waals surface area (Å²) in [6.45, 7) is -0.499. The maximum absolute atomic E-state index is 12.7. The summed E-state index contributed by atoms with van der Waals surface area (Å²) in [5.41, 5.74) is 0.705. The predicted octanol–water partition coefficient (Wildman–Crippen LogP) is 2.05. The molecule has 0 aliphatic carbocycles. The third-order valence-electron chi connectivity index (χ3n) is 4.07. The van der Waals surface area contributed by atoms with Crippen molar-refractivity contribution >= 4 is 39.0 Å². The van der Waals surface area contributed by atoms with Crippen LogP contribution in [-0.2, 0) is 19.4 Å². The number of esters is 1. The molecule has 1 saturated heterocycles. The molecule has 138 valence electrons. The highest BCUT2D eigenvalue weighted by atomic mass is 35.5. The number of carbonyl (C=O) groups excluding carboxylic acids is 2. The molecule has 0 radical (unpaired) electrons. The number of hydrogen-bond acceptors (Lipinski definition) is 5. The van der Waals surface area contributed by atoms with Crippen LogP contribution in [0.3, 0.4) is 0 Å². The molecule has 1 fully saturated rings. The molecule has 0 saturated carbocycles. The number of halogens is 1. The van der Waals surface area contributed by atoms with Gasteiger partial charge in [0.1, 0.15) is 5.69 Å². The van der Waals surface area contributed by atoms with Crippen LogP contribution in [0.4, 0.5) is 5.69 Å². The fraction of sp³-hybridized carbons (Fsp3) is 0.294. The van der Waals surface area contributed by atoms with Gasteiger partial charge in [-0.05, 0) is 24.6 Å². The van der Waals surface area contributed by atoms with Gasteiger partial charge in [0.2, 0.25) is 0 Å². The molecule has 1 amide bonds. The molecule has 2 heterocycles. The van der Waals surface area contributed by atoms with Crippen molar-refractivity contribution in [1.82, 2.24) is 4.98 Å². The number of sulfone groups is 1. The fourth-order valence-electron chi connectivity index (χ4n) is 2.89. The van der Waals surface area contributed by atoms with E-state index >= 15 is 0 Å². The Morgan fingerprint density at radius 1 is 1.27 bits per heavy atom. The SMILES string of the molecule is O=C(OCC(=O)N(c1ccccc1)C1CCS(=O)(=O)C1)c1cc(Cl)c[nH]1. The molecular formula is C17H17ClN2O5S. The van der Waals surface area contributed by atoms with Gasteiger partial charge >= 0.3 is 5.97 Å². The molecule has 0 bridgehead atoms. The van der Waals surface area contributed by atoms with Crippen molar-refractivity contribution in [2.75, 3.05) is 23.0 Å². The molecular weight excluding hydrogens is 380 g/mol. The van der Waals surface area contributed by atoms with Crippen LogP contribution in [0.1, 0.15) is 16.9 Å². The summed E-state index contributed by atoms with van der Waals surface area (Å²) in [4.78, 5) is 28.7. The molecule has 1 atom stereocenters. The molecule has 1 N–H and O–H groups in total. The van der Waals surface area contributed by atoms with Crippen LogP contribution in [0.25, 0.3) is 0 Å². The number of aromatic amines is 1. The number of nitrogens with zero attached hydrogens (tertiary/aromatic N) is 1. The molecule has 1 aliphatic heterocycles. The smallest absolute Gasteiger partial charge is 0.355 e. The Labute approximate surface area is 155 Å². The Hall–Kier alpha value is -2.32. The van der Waals surface area contributed by atoms with E-state index in [4.69, 9.17) is 16.3 Å². The van der Waals surface area contributed by atoms with Crippen LogP contribution in [0.2, 0.25) is 5.02 Å². The molecule has 3 rings (SSSR count). The third-order valence-corrected chi connectivity index (χ3v) is 6.04. The lowest BCUT2D eigenvalue weighted by molar-refractivity contribution is -0.122. The lowest BCUT2D eigenvalue weighted by Crippen LogP contribution is -2.43. The van der Waals surface area contributed by atoms with E-state index in [0.29, 0.717) is 17.1 Å². The standard InChI is InChI=1S/C17H17ClN2O5S/c18-12-8-15(19-9-12)17(22)25-10-16(21)20(13-4-2-1-3-5-13)14-6-7-26(23,24)11-14/h1-5,8-9,14,19H,6-7,10-11H2. The first-order valence-electron chi connectivity index (χ1n) is 7.94. The van der Waals surface area contributed by atoms with Crippen molar-refractivity contribution in [1.29, 1.82) is 0 Å². The number of nitrogens with one attached hydrogen (secondary N) is 1. The lowest BCUT2D eigenvalue weighted by Gasteiger charge is -2.28. The van der Waals surface area contributed by atoms with Gasteiger partial charge in [0.25, 0.3) is 5.91 Å². The number of ether oxygens (including phenoxy) is 1. The van der Waals surface area contributed by atoms with E-state index in [0.717, 1.165) is 0 Å². The minimum Gasteiger partial charge on any atom is -0.451 e. The van der Waals surface area contributed by atoms with Gasteiger partial charge in [-0.25, -0.2) is 13.2 Å². The summed E-state index contributed by atoms with van der Waals surface area (Å²) in [6.07, 6.45) is 1.78. The first kappa shape index (κ1) is 18.5. The second kappa shape index (κ2) is 7.51. The highest BCUT2D eigenvalue weighted by molar-refractivity contribution is 7.91. The average molecular weight is 397 g/mol. The molecule has 1 aromatic carbocycles. The number of amides is 1. The first-order valence-corrected chi connectivity index (χ1v) is 10.1. The maximum atomic E-state index is 12.7. The van der Waals surface area contributed by atoms with E-state index in [9.17, 15) is 18.0 Å². The van der Waals surface area contributed by atoms with Crippen LogP contribution >= 0.6 is 11.6 Å². The number of hydrogen-bond donors (Lipinski definition) is 1. The van der Waals surface area contributed by atoms with Crippen molar-refractivity contribution in [2.24, 2.45) is 0 Å². The van der Waals surface area contributed by atoms with E-state index in [2.05, 4.69) is 4.98 Å². The second-order valence-corrected chi connectivity index (χ2v) is 8.63. The van der Waals surface area contributed by atoms with Crippen LogP contribution in [-0.4, -0.2) is 49.4 Å². The number of rotatable bonds is 5. The summed E-state index contributed by atoms with van der Waals surface area (Å²) < 4.78 is 28.7. The van der Waals surface area contributed by atoms with Crippen LogP contribution in [0, 0.1) is 0 Å². The Balaban J connectivity index is 1.74. The van der Waals surface area contributed by atoms with Crippen molar-refractivity contribution in [3.8, 4) is 0 Å². The number of benzene rings is 1. The Bertz CT molecular complexity index is 910. The van der Waals surface area contributed by atoms with Crippen molar-refractivity contribution in [2.45, 2.75) is 12.5 Å². The Kier molecular flexibility index (Phi) is 5.33. The summed E-state index contributed by atoms with van der Waals surface area (Å²) in [5.74, 6) is -1.26. The normalized spacial score (nSPS) is 18.4. The largest absolute Gasteiger partial charge is 0.451 e. The van der Waals surface area contributed by atoms with Gasteiger partial charge in [-0.2, -0.15) is 0 Å². The fourth-order valence-corrected chi connectivity index (χ4v) is 4.75. The van der Waals surface area contributed by atoms with Crippen LogP contribution < -0.4 is 4.90 Å². The lowest BCUT2D eigenvalue weighted by atomic mass is 10.2. The van der Waals surface area contributed by atoms with E-state index in [-0.39, 0.29) is 17.2 Å². The van der Waals surface area contributed by atoms with E-state index in [1.807, 2.05) is 0 Å². The second-order valence-electron chi connectivity index (χ2n) is 5.96. The van der Waals surface area contributed by atoms with Gasteiger partial charge in [-0.1, -0.05) is 29.8 Å². The molecule has 2 aromatic rings. The van der Waals surface area contributed by atoms with Gasteiger partial charge < -0.3 is 14.6 Å². The topological polar surface area (TPSA) is 96.5 Å². The minimum atomic E-state index is -3.17. The first-order chi connectivity index (χ1) is 12.4. The quantitative estimate of drug-likeness (QED) is 0.780. The van der Waals surface area contributed by atoms with Crippen molar-refractivity contribution in [3.63, 3.8) is 0 Å². The summed E-state index contributed by atoms with van der Waals surface area (Å²) in [6, 6.07) is 9.66. The van der Waals surface area contributed by atoms with Gasteiger partial charge in [0, 0.05) is 11.9 Å². The zero-order valence-corrected chi connectivity index (χ0v) is 15.3. The van der Waals surface area contributed by atoms with Crippen molar-refractivity contribution < 1.29 is 22.7 Å². The molecule has 7 nitrogen and oxygen atoms in total. The van der Waals surface area contributed by atoms with Gasteiger partial charge in [0.15, 0.2) is 16.4 Å². The summed E-state index contributed by atoms with van der Waals surface area (Å²) in [7, 11) is -3.17. The zero-order valence-electron chi connectivity index (χ0n) is 13.7. The number of para-hydroxylation sites is 1. The van der Waals surface area contributed by atoms with Crippen LogP contribution in [0.5, 0.6) is 0 Å². The van der Waals surface area contributed by atoms with E-state index in [1.54, 1.807) is 30.3 Å². The highest BCUT2D eigenvalue weighted by Crippen LogP contribution is 2.24. The number of H-pyrrole nitrogens is 1. The van der Waals surface area contributed by atoms with Crippen molar-refractivity contribution in [3.05, 3.63) is 53.3 Å². The predicted molar refractivity (Wildman–Crippen MR) is 97.1 cm³/mol. The average Bonchev–Trinajstić information content (AvgIpc) is 3.19. The van der Waals surface area contributed by atoms with E-state index in [1.165, 1.54) is 17.2 Å². The van der Waals surface area contributed by atoms with E-state index < -0.39 is 34.4 Å². The summed E-state index contributed by atoms with van der Waals surface area (Å²) in [5, 5.41) is 0.352. The van der Waals surface area contributed by atoms with Gasteiger partial charge in [0.05, 0.1) is 22.6 Å². The zero-order chi connectivity index (χ0) is 18.7. The number of carbonyl (C=O) groups is 2. The molecule has 0 spiro atoms. The number of aromatic nitrogens is 1. The Morgan fingerprint density at radius 2 is 2.00 bits per heavy atom. The molecule has 1 aromatic heterocycles. The van der Waals surface area contributed by atoms with Gasteiger partial charge in [-0.15, -0.1) is 0 Å². The maximum Gasteiger partial charge on any atom is 0.355 e. The molecule has 1 aliphatic rings.